The zero-order chi connectivity index (χ0) is 20.1. The van der Waals surface area contributed by atoms with E-state index in [4.69, 9.17) is 26.4 Å². The minimum absolute atomic E-state index is 0.230. The van der Waals surface area contributed by atoms with Crippen molar-refractivity contribution < 1.29 is 14.2 Å². The topological polar surface area (TPSA) is 73.7 Å². The average molecular weight is 398 g/mol. The van der Waals surface area contributed by atoms with Crippen molar-refractivity contribution in [3.8, 4) is 17.2 Å². The number of rotatable bonds is 7. The van der Waals surface area contributed by atoms with Crippen LogP contribution in [0, 0.1) is 18.6 Å². The Morgan fingerprint density at radius 2 is 1.93 bits per heavy atom. The quantitative estimate of drug-likeness (QED) is 0.480. The summed E-state index contributed by atoms with van der Waals surface area (Å²) in [5.41, 5.74) is 3.03. The van der Waals surface area contributed by atoms with E-state index in [0.717, 1.165) is 16.9 Å². The molecule has 3 aromatic rings. The number of benzene rings is 2. The molecule has 0 aliphatic carbocycles. The number of aryl methyl sites for hydroxylation is 2. The number of H-pyrrole nitrogens is 1. The first-order chi connectivity index (χ1) is 13.5. The van der Waals surface area contributed by atoms with E-state index in [2.05, 4.69) is 21.4 Å². The van der Waals surface area contributed by atoms with Crippen LogP contribution in [0.2, 0.25) is 0 Å². The van der Waals surface area contributed by atoms with Crippen LogP contribution >= 0.6 is 12.2 Å². The third-order valence-electron chi connectivity index (χ3n) is 4.16. The third kappa shape index (κ3) is 4.40. The maximum Gasteiger partial charge on any atom is 0.216 e. The van der Waals surface area contributed by atoms with E-state index in [1.807, 2.05) is 38.1 Å². The smallest absolute Gasteiger partial charge is 0.216 e. The minimum Gasteiger partial charge on any atom is -0.497 e. The first kappa shape index (κ1) is 19.6. The van der Waals surface area contributed by atoms with E-state index in [1.165, 1.54) is 10.2 Å². The summed E-state index contributed by atoms with van der Waals surface area (Å²) >= 11 is 5.29. The molecule has 1 N–H and O–H groups in total. The highest BCUT2D eigenvalue weighted by Crippen LogP contribution is 2.23. The SMILES string of the molecule is COc1ccc(/C=N\n2c(COc3ccc(C)cc3C)n[nH]c2=S)c(OC)c1. The Bertz CT molecular complexity index is 1060. The first-order valence-corrected chi connectivity index (χ1v) is 9.05. The minimum atomic E-state index is 0.230. The van der Waals surface area contributed by atoms with Gasteiger partial charge in [0.15, 0.2) is 5.82 Å². The highest BCUT2D eigenvalue weighted by Gasteiger charge is 2.09. The van der Waals surface area contributed by atoms with Crippen molar-refractivity contribution >= 4 is 18.4 Å². The van der Waals surface area contributed by atoms with Crippen LogP contribution < -0.4 is 14.2 Å². The lowest BCUT2D eigenvalue weighted by Gasteiger charge is -2.09. The van der Waals surface area contributed by atoms with Crippen LogP contribution in [0.3, 0.4) is 0 Å². The zero-order valence-corrected chi connectivity index (χ0v) is 17.0. The number of nitrogens with one attached hydrogen (secondary N) is 1. The van der Waals surface area contributed by atoms with Crippen molar-refractivity contribution in [1.29, 1.82) is 0 Å². The second kappa shape index (κ2) is 8.71. The van der Waals surface area contributed by atoms with Crippen molar-refractivity contribution in [3.63, 3.8) is 0 Å². The Kier molecular flexibility index (Phi) is 6.10. The summed E-state index contributed by atoms with van der Waals surface area (Å²) in [6.45, 7) is 4.28. The van der Waals surface area contributed by atoms with E-state index in [9.17, 15) is 0 Å². The van der Waals surface area contributed by atoms with E-state index in [-0.39, 0.29) is 6.61 Å². The Morgan fingerprint density at radius 1 is 1.11 bits per heavy atom. The molecule has 0 atom stereocenters. The summed E-state index contributed by atoms with van der Waals surface area (Å²) in [6, 6.07) is 11.5. The number of methoxy groups -OCH3 is 2. The zero-order valence-electron chi connectivity index (χ0n) is 16.2. The molecule has 0 bridgehead atoms. The molecule has 0 unspecified atom stereocenters. The highest BCUT2D eigenvalue weighted by molar-refractivity contribution is 7.71. The van der Waals surface area contributed by atoms with Crippen LogP contribution in [-0.4, -0.2) is 35.3 Å². The van der Waals surface area contributed by atoms with Crippen LogP contribution in [-0.2, 0) is 6.61 Å². The van der Waals surface area contributed by atoms with Gasteiger partial charge in [0, 0.05) is 11.6 Å². The maximum absolute atomic E-state index is 5.89. The molecule has 8 heteroatoms. The number of aromatic nitrogens is 3. The van der Waals surface area contributed by atoms with Gasteiger partial charge in [-0.3, -0.25) is 0 Å². The summed E-state index contributed by atoms with van der Waals surface area (Å²) in [4.78, 5) is 0. The first-order valence-electron chi connectivity index (χ1n) is 8.64. The second-order valence-electron chi connectivity index (χ2n) is 6.17. The molecule has 0 amide bonds. The molecule has 0 aliphatic rings. The maximum atomic E-state index is 5.89. The molecule has 3 rings (SSSR count). The van der Waals surface area contributed by atoms with Crippen molar-refractivity contribution in [2.45, 2.75) is 20.5 Å². The molecular formula is C20H22N4O3S. The van der Waals surface area contributed by atoms with Gasteiger partial charge >= 0.3 is 0 Å². The fraction of sp³-hybridized carbons (Fsp3) is 0.250. The molecule has 146 valence electrons. The average Bonchev–Trinajstić information content (AvgIpc) is 3.05. The molecule has 7 nitrogen and oxygen atoms in total. The summed E-state index contributed by atoms with van der Waals surface area (Å²) in [6.07, 6.45) is 1.66. The van der Waals surface area contributed by atoms with Crippen LogP contribution in [0.4, 0.5) is 0 Å². The third-order valence-corrected chi connectivity index (χ3v) is 4.42. The van der Waals surface area contributed by atoms with Gasteiger partial charge in [0.2, 0.25) is 4.77 Å². The molecule has 0 saturated heterocycles. The predicted octanol–water partition coefficient (Wildman–Crippen LogP) is 4.04. The van der Waals surface area contributed by atoms with Gasteiger partial charge in [-0.2, -0.15) is 14.9 Å². The molecule has 0 spiro atoms. The van der Waals surface area contributed by atoms with E-state index < -0.39 is 0 Å². The van der Waals surface area contributed by atoms with E-state index in [1.54, 1.807) is 26.5 Å². The van der Waals surface area contributed by atoms with Gasteiger partial charge in [0.25, 0.3) is 0 Å². The molecule has 2 aromatic carbocycles. The van der Waals surface area contributed by atoms with Crippen molar-refractivity contribution in [1.82, 2.24) is 14.9 Å². The number of hydrogen-bond acceptors (Lipinski definition) is 6. The number of ether oxygens (including phenoxy) is 3. The summed E-state index contributed by atoms with van der Waals surface area (Å²) in [7, 11) is 3.20. The molecular weight excluding hydrogens is 376 g/mol. The molecule has 0 radical (unpaired) electrons. The number of nitrogens with zero attached hydrogens (tertiary/aromatic N) is 3. The van der Waals surface area contributed by atoms with Gasteiger partial charge in [-0.05, 0) is 49.8 Å². The van der Waals surface area contributed by atoms with Crippen LogP contribution in [0.25, 0.3) is 0 Å². The molecule has 0 fully saturated rings. The van der Waals surface area contributed by atoms with Gasteiger partial charge in [-0.1, -0.05) is 17.7 Å². The highest BCUT2D eigenvalue weighted by atomic mass is 32.1. The summed E-state index contributed by atoms with van der Waals surface area (Å²) < 4.78 is 18.4. The Balaban J connectivity index is 1.81. The van der Waals surface area contributed by atoms with Crippen LogP contribution in [0.1, 0.15) is 22.5 Å². The molecule has 0 aliphatic heterocycles. The van der Waals surface area contributed by atoms with Crippen LogP contribution in [0.15, 0.2) is 41.5 Å². The predicted molar refractivity (Wildman–Crippen MR) is 110 cm³/mol. The van der Waals surface area contributed by atoms with Gasteiger partial charge in [-0.25, -0.2) is 5.10 Å². The fourth-order valence-electron chi connectivity index (χ4n) is 2.69. The lowest BCUT2D eigenvalue weighted by Crippen LogP contribution is -2.05. The van der Waals surface area contributed by atoms with Gasteiger partial charge in [0.1, 0.15) is 23.9 Å². The summed E-state index contributed by atoms with van der Waals surface area (Å²) in [5, 5.41) is 11.4. The van der Waals surface area contributed by atoms with Gasteiger partial charge in [-0.15, -0.1) is 0 Å². The molecule has 28 heavy (non-hydrogen) atoms. The lowest BCUT2D eigenvalue weighted by atomic mass is 10.1. The van der Waals surface area contributed by atoms with Crippen LogP contribution in [0.5, 0.6) is 17.2 Å². The summed E-state index contributed by atoms with van der Waals surface area (Å²) in [5.74, 6) is 2.71. The standard InChI is InChI=1S/C20H22N4O3S/c1-13-5-8-17(14(2)9-13)27-12-19-22-23-20(28)24(19)21-11-15-6-7-16(25-3)10-18(15)26-4/h5-11H,12H2,1-4H3,(H,23,28)/b21-11-. The fourth-order valence-corrected chi connectivity index (χ4v) is 2.88. The van der Waals surface area contributed by atoms with E-state index in [0.29, 0.717) is 22.1 Å². The van der Waals surface area contributed by atoms with Gasteiger partial charge in [0.05, 0.1) is 20.4 Å². The Morgan fingerprint density at radius 3 is 2.64 bits per heavy atom. The van der Waals surface area contributed by atoms with Gasteiger partial charge < -0.3 is 14.2 Å². The molecule has 1 heterocycles. The van der Waals surface area contributed by atoms with Crippen molar-refractivity contribution in [2.75, 3.05) is 14.2 Å². The van der Waals surface area contributed by atoms with Crippen molar-refractivity contribution in [3.05, 3.63) is 63.7 Å². The van der Waals surface area contributed by atoms with E-state index >= 15 is 0 Å². The molecule has 0 saturated carbocycles. The lowest BCUT2D eigenvalue weighted by molar-refractivity contribution is 0.288. The Labute approximate surface area is 168 Å². The Hall–Kier alpha value is -3.13. The van der Waals surface area contributed by atoms with Crippen molar-refractivity contribution in [2.24, 2.45) is 5.10 Å². The molecule has 1 aromatic heterocycles. The monoisotopic (exact) mass is 398 g/mol. The largest absolute Gasteiger partial charge is 0.497 e. The normalized spacial score (nSPS) is 11.0. The number of hydrogen-bond donors (Lipinski definition) is 1. The second-order valence-corrected chi connectivity index (χ2v) is 6.55. The number of aromatic amines is 1.